The standard InChI is InChI=1S/C27H56N4O6.C12H17BN3O2.C6H12O4.C3H7NO/c1-3-4-5-14-32-16-12-29-9-10-30-27(26-7-6-8-26)31-13-17-34-19-21-36-23-25-37-24-22-35-20-18-33-15-11-28-2;13-11-1-2-12(18)16(11)8-7-15-5-3-10(4-6-15)14-9-17;7-3-5-6(9)4(8)1-2-10-5;1-3(5)4-2/h28-31H,3-25H2,1-2H3;1-2,9-10H,3-8H2,(H,14,17);4-9H,1-3H2;1-2H3,(H,4,5). The van der Waals surface area contributed by atoms with E-state index >= 15 is 0 Å². The fourth-order valence-electron chi connectivity index (χ4n) is 6.80. The minimum absolute atomic E-state index is 0.00463. The number of rotatable bonds is 36. The van der Waals surface area contributed by atoms with Crippen molar-refractivity contribution < 1.29 is 62.9 Å². The molecule has 0 aromatic rings. The van der Waals surface area contributed by atoms with E-state index in [0.717, 1.165) is 91.2 Å². The van der Waals surface area contributed by atoms with Crippen molar-refractivity contribution in [2.45, 2.75) is 96.0 Å². The van der Waals surface area contributed by atoms with Gasteiger partial charge in [-0.15, -0.1) is 0 Å². The van der Waals surface area contributed by atoms with Gasteiger partial charge in [0.05, 0.1) is 91.2 Å². The van der Waals surface area contributed by atoms with Crippen molar-refractivity contribution >= 4 is 31.3 Å². The third-order valence-corrected chi connectivity index (χ3v) is 11.3. The van der Waals surface area contributed by atoms with E-state index in [4.69, 9.17) is 56.0 Å². The van der Waals surface area contributed by atoms with Crippen molar-refractivity contribution in [2.24, 2.45) is 0 Å². The summed E-state index contributed by atoms with van der Waals surface area (Å²) in [5, 5.41) is 45.5. The van der Waals surface area contributed by atoms with E-state index in [9.17, 15) is 14.4 Å². The zero-order chi connectivity index (χ0) is 51.3. The Kier molecular flexibility index (Phi) is 42.4. The number of carbonyl (C=O) groups is 3. The van der Waals surface area contributed by atoms with Crippen LogP contribution in [0, 0.1) is 0 Å². The van der Waals surface area contributed by atoms with Crippen LogP contribution in [-0.2, 0) is 47.5 Å². The van der Waals surface area contributed by atoms with Gasteiger partial charge in [-0.25, -0.2) is 0 Å². The molecular weight excluding hydrogens is 907 g/mol. The average molecular weight is 1000 g/mol. The Morgan fingerprint density at radius 1 is 0.786 bits per heavy atom. The summed E-state index contributed by atoms with van der Waals surface area (Å²) in [6.45, 7) is 19.2. The van der Waals surface area contributed by atoms with Gasteiger partial charge in [-0.3, -0.25) is 4.79 Å². The van der Waals surface area contributed by atoms with Crippen molar-refractivity contribution in [2.75, 3.05) is 165 Å². The quantitative estimate of drug-likeness (QED) is 0.0203. The topological polar surface area (TPSA) is 255 Å². The van der Waals surface area contributed by atoms with Crippen molar-refractivity contribution in [3.8, 4) is 0 Å². The molecule has 22 heteroatoms. The second kappa shape index (κ2) is 45.7. The second-order valence-corrected chi connectivity index (χ2v) is 16.8. The van der Waals surface area contributed by atoms with Crippen molar-refractivity contribution in [1.29, 1.82) is 0 Å². The molecule has 0 aromatic carbocycles. The summed E-state index contributed by atoms with van der Waals surface area (Å²) in [6, 6.07) is 0.297. The van der Waals surface area contributed by atoms with Crippen LogP contribution >= 0.6 is 0 Å². The SMILES string of the molecule is CCCCCOCCNCCNC(NCCOCCOCCOCCOCCOCCNC)=C1CCC1.CNC(C)=O.OCC1OCCC(O)C1O.[B]=C1C=CC(=O)N1CCN1CCC(NC=O)CC1. The molecule has 3 amide bonds. The number of piperidine rings is 1. The maximum absolute atomic E-state index is 11.5. The van der Waals surface area contributed by atoms with Gasteiger partial charge in [0.25, 0.3) is 0 Å². The van der Waals surface area contributed by atoms with E-state index in [1.54, 1.807) is 18.0 Å². The molecule has 1 saturated carbocycles. The van der Waals surface area contributed by atoms with Crippen LogP contribution in [0.5, 0.6) is 0 Å². The van der Waals surface area contributed by atoms with Crippen LogP contribution in [0.4, 0.5) is 0 Å². The summed E-state index contributed by atoms with van der Waals surface area (Å²) < 4.78 is 38.1. The number of carbonyl (C=O) groups excluding carboxylic acids is 3. The number of likely N-dealkylation sites (N-methyl/N-ethyl adjacent to an activating group) is 1. The molecule has 0 spiro atoms. The average Bonchev–Trinajstić information content (AvgIpc) is 3.67. The molecule has 3 heterocycles. The molecule has 70 heavy (non-hydrogen) atoms. The number of amides is 3. The Labute approximate surface area is 419 Å². The number of hydrogen-bond donors (Lipinski definition) is 9. The van der Waals surface area contributed by atoms with Crippen molar-refractivity contribution in [3.05, 3.63) is 23.5 Å². The maximum atomic E-state index is 11.5. The third-order valence-electron chi connectivity index (χ3n) is 11.3. The first-order valence-corrected chi connectivity index (χ1v) is 25.4. The van der Waals surface area contributed by atoms with Gasteiger partial charge in [0, 0.05) is 59.9 Å². The van der Waals surface area contributed by atoms with Gasteiger partial charge in [-0.05, 0) is 44.7 Å². The van der Waals surface area contributed by atoms with Crippen molar-refractivity contribution in [1.82, 2.24) is 41.7 Å². The van der Waals surface area contributed by atoms with Crippen LogP contribution in [0.25, 0.3) is 0 Å². The van der Waals surface area contributed by atoms with Crippen LogP contribution < -0.4 is 31.9 Å². The van der Waals surface area contributed by atoms with E-state index < -0.39 is 18.3 Å². The van der Waals surface area contributed by atoms with Gasteiger partial charge in [0.1, 0.15) is 12.2 Å². The molecule has 2 saturated heterocycles. The number of ether oxygens (including phenoxy) is 7. The van der Waals surface area contributed by atoms with E-state index in [1.165, 1.54) is 56.5 Å². The number of unbranched alkanes of at least 4 members (excludes halogenated alkanes) is 2. The van der Waals surface area contributed by atoms with Gasteiger partial charge in [0.15, 0.2) is 0 Å². The second-order valence-electron chi connectivity index (χ2n) is 16.8. The molecule has 3 atom stereocenters. The zero-order valence-electron chi connectivity index (χ0n) is 43.1. The Hall–Kier alpha value is -3.10. The normalized spacial score (nSPS) is 18.9. The van der Waals surface area contributed by atoms with E-state index in [1.807, 2.05) is 7.05 Å². The fourth-order valence-corrected chi connectivity index (χ4v) is 6.80. The molecule has 0 aromatic heterocycles. The number of aliphatic hydroxyl groups excluding tert-OH is 3. The molecule has 3 unspecified atom stereocenters. The van der Waals surface area contributed by atoms with Crippen molar-refractivity contribution in [3.63, 3.8) is 0 Å². The summed E-state index contributed by atoms with van der Waals surface area (Å²) in [7, 11) is 9.22. The van der Waals surface area contributed by atoms with Gasteiger partial charge in [-0.1, -0.05) is 19.8 Å². The number of nitrogens with zero attached hydrogens (tertiary/aromatic N) is 2. The molecular formula is C48H92BN8O13. The van der Waals surface area contributed by atoms with Crippen LogP contribution in [0.1, 0.15) is 71.6 Å². The number of likely N-dealkylation sites (tertiary alicyclic amines) is 1. The first-order chi connectivity index (χ1) is 34.1. The number of aliphatic hydroxyl groups is 3. The molecule has 4 rings (SSSR count). The molecule has 405 valence electrons. The fraction of sp³-hybridized carbons (Fsp3) is 0.833. The molecule has 9 N–H and O–H groups in total. The number of nitrogens with one attached hydrogen (secondary N) is 6. The number of allylic oxidation sites excluding steroid dienone is 1. The predicted octanol–water partition coefficient (Wildman–Crippen LogP) is -1.20. The summed E-state index contributed by atoms with van der Waals surface area (Å²) >= 11 is 0. The zero-order valence-corrected chi connectivity index (χ0v) is 43.1. The van der Waals surface area contributed by atoms with Gasteiger partial charge in [0.2, 0.25) is 5.91 Å². The molecule has 1 radical (unpaired) electrons. The first-order valence-electron chi connectivity index (χ1n) is 25.4. The van der Waals surface area contributed by atoms with Gasteiger partial charge >= 0.3 is 107 Å². The van der Waals surface area contributed by atoms with Crippen LogP contribution in [0.2, 0.25) is 0 Å². The summed E-state index contributed by atoms with van der Waals surface area (Å²) in [5.74, 6) is 1.15. The summed E-state index contributed by atoms with van der Waals surface area (Å²) in [5.41, 5.74) is 2.02. The Bertz CT molecular complexity index is 1360. The van der Waals surface area contributed by atoms with Gasteiger partial charge in [-0.2, -0.15) is 0 Å². The molecule has 3 fully saturated rings. The predicted molar refractivity (Wildman–Crippen MR) is 272 cm³/mol. The molecule has 0 bridgehead atoms. The monoisotopic (exact) mass is 1000 g/mol. The Balaban J connectivity index is 0.000000600. The van der Waals surface area contributed by atoms with E-state index in [2.05, 4.69) is 43.7 Å². The van der Waals surface area contributed by atoms with Crippen LogP contribution in [0.15, 0.2) is 23.5 Å². The van der Waals surface area contributed by atoms with Crippen LogP contribution in [-0.4, -0.2) is 246 Å². The van der Waals surface area contributed by atoms with Crippen LogP contribution in [0.3, 0.4) is 0 Å². The molecule has 3 aliphatic heterocycles. The summed E-state index contributed by atoms with van der Waals surface area (Å²) in [6.07, 6.45) is 11.3. The molecule has 4 aliphatic rings. The first kappa shape index (κ1) is 64.9. The molecule has 21 nitrogen and oxygen atoms in total. The molecule has 1 aliphatic carbocycles. The van der Waals surface area contributed by atoms with E-state index in [0.29, 0.717) is 97.3 Å². The number of hydrogen-bond acceptors (Lipinski definition) is 18. The summed E-state index contributed by atoms with van der Waals surface area (Å²) in [4.78, 5) is 35.4. The minimum atomic E-state index is -0.932. The Morgan fingerprint density at radius 3 is 1.86 bits per heavy atom. The van der Waals surface area contributed by atoms with Gasteiger partial charge < -0.3 is 75.1 Å². The van der Waals surface area contributed by atoms with E-state index in [-0.39, 0.29) is 18.4 Å². The third kappa shape index (κ3) is 34.3. The Morgan fingerprint density at radius 2 is 1.36 bits per heavy atom.